The summed E-state index contributed by atoms with van der Waals surface area (Å²) in [6.45, 7) is 6.01. The number of hydrogen-bond acceptors (Lipinski definition) is 6. The van der Waals surface area contributed by atoms with Crippen molar-refractivity contribution in [3.8, 4) is 0 Å². The predicted molar refractivity (Wildman–Crippen MR) is 155 cm³/mol. The highest BCUT2D eigenvalue weighted by Crippen LogP contribution is 2.31. The number of piperidine rings is 1. The monoisotopic (exact) mass is 564 g/mol. The quantitative estimate of drug-likeness (QED) is 0.339. The number of anilines is 1. The van der Waals surface area contributed by atoms with Crippen molar-refractivity contribution in [1.29, 1.82) is 0 Å². The molecule has 3 aromatic rings. The standard InChI is InChI=1S/C27H36N4O3S2.ClH/c1-5-22-9-6-7-18-31(22)36(33,34)23-13-11-21(12-14-23)26(32)30(17-8-16-29(3)4)27-28-24-15-10-20(2)19-25(24)35-27;/h10-15,19,22H,5-9,16-18H2,1-4H3;1H. The van der Waals surface area contributed by atoms with Crippen LogP contribution in [0.3, 0.4) is 0 Å². The first-order chi connectivity index (χ1) is 17.2. The maximum atomic E-state index is 13.6. The number of hydrogen-bond donors (Lipinski definition) is 0. The van der Waals surface area contributed by atoms with Crippen LogP contribution < -0.4 is 4.90 Å². The smallest absolute Gasteiger partial charge is 0.260 e. The molecule has 202 valence electrons. The number of fused-ring (bicyclic) bond motifs is 1. The molecule has 1 aromatic heterocycles. The average molecular weight is 565 g/mol. The first kappa shape index (κ1) is 29.5. The summed E-state index contributed by atoms with van der Waals surface area (Å²) >= 11 is 1.51. The van der Waals surface area contributed by atoms with E-state index in [0.717, 1.165) is 54.4 Å². The van der Waals surface area contributed by atoms with Crippen LogP contribution >= 0.6 is 23.7 Å². The molecule has 1 aliphatic rings. The van der Waals surface area contributed by atoms with Crippen molar-refractivity contribution in [2.24, 2.45) is 0 Å². The van der Waals surface area contributed by atoms with Crippen LogP contribution in [-0.4, -0.2) is 68.3 Å². The second kappa shape index (κ2) is 12.7. The van der Waals surface area contributed by atoms with E-state index >= 15 is 0 Å². The molecule has 0 bridgehead atoms. The van der Waals surface area contributed by atoms with Gasteiger partial charge in [-0.2, -0.15) is 4.31 Å². The van der Waals surface area contributed by atoms with Crippen molar-refractivity contribution < 1.29 is 13.2 Å². The Morgan fingerprint density at radius 2 is 1.84 bits per heavy atom. The molecule has 0 radical (unpaired) electrons. The van der Waals surface area contributed by atoms with Crippen LogP contribution in [0.15, 0.2) is 47.4 Å². The van der Waals surface area contributed by atoms with Gasteiger partial charge in [0.25, 0.3) is 5.91 Å². The van der Waals surface area contributed by atoms with Crippen LogP contribution in [0.25, 0.3) is 10.2 Å². The summed E-state index contributed by atoms with van der Waals surface area (Å²) in [6.07, 6.45) is 4.45. The van der Waals surface area contributed by atoms with Gasteiger partial charge in [0, 0.05) is 24.7 Å². The van der Waals surface area contributed by atoms with Gasteiger partial charge in [-0.3, -0.25) is 9.69 Å². The number of carbonyl (C=O) groups excluding carboxylic acids is 1. The minimum absolute atomic E-state index is 0. The molecular formula is C27H37ClN4O3S2. The first-order valence-electron chi connectivity index (χ1n) is 12.7. The Balaban J connectivity index is 0.00000380. The van der Waals surface area contributed by atoms with Crippen molar-refractivity contribution >= 4 is 55.0 Å². The first-order valence-corrected chi connectivity index (χ1v) is 14.9. The third kappa shape index (κ3) is 6.70. The fourth-order valence-corrected chi connectivity index (χ4v) is 7.58. The second-order valence-electron chi connectivity index (χ2n) is 9.78. The number of carbonyl (C=O) groups is 1. The molecule has 0 aliphatic carbocycles. The van der Waals surface area contributed by atoms with Crippen molar-refractivity contribution in [3.05, 3.63) is 53.6 Å². The van der Waals surface area contributed by atoms with Crippen molar-refractivity contribution in [2.45, 2.75) is 56.9 Å². The fourth-order valence-electron chi connectivity index (χ4n) is 4.72. The largest absolute Gasteiger partial charge is 0.309 e. The summed E-state index contributed by atoms with van der Waals surface area (Å²) in [5.41, 5.74) is 2.48. The molecule has 1 fully saturated rings. The average Bonchev–Trinajstić information content (AvgIpc) is 3.29. The number of aromatic nitrogens is 1. The van der Waals surface area contributed by atoms with E-state index in [1.807, 2.05) is 40.1 Å². The van der Waals surface area contributed by atoms with E-state index in [0.29, 0.717) is 23.8 Å². The molecular weight excluding hydrogens is 528 g/mol. The number of sulfonamides is 1. The SMILES string of the molecule is CCC1CCCCN1S(=O)(=O)c1ccc(C(=O)N(CCCN(C)C)c2nc3ccc(C)cc3s2)cc1.Cl. The lowest BCUT2D eigenvalue weighted by molar-refractivity contribution is 0.0986. The molecule has 1 atom stereocenters. The van der Waals surface area contributed by atoms with E-state index in [-0.39, 0.29) is 29.3 Å². The van der Waals surface area contributed by atoms with Crippen LogP contribution in [-0.2, 0) is 10.0 Å². The maximum absolute atomic E-state index is 13.6. The molecule has 7 nitrogen and oxygen atoms in total. The molecule has 37 heavy (non-hydrogen) atoms. The van der Waals surface area contributed by atoms with E-state index in [4.69, 9.17) is 4.98 Å². The molecule has 2 heterocycles. The lowest BCUT2D eigenvalue weighted by Crippen LogP contribution is -2.43. The van der Waals surface area contributed by atoms with Crippen LogP contribution in [0.5, 0.6) is 0 Å². The number of thiazole rings is 1. The zero-order valence-corrected chi connectivity index (χ0v) is 24.5. The summed E-state index contributed by atoms with van der Waals surface area (Å²) in [7, 11) is 0.432. The van der Waals surface area contributed by atoms with Gasteiger partial charge in [-0.1, -0.05) is 30.7 Å². The Hall–Kier alpha value is -2.04. The zero-order valence-electron chi connectivity index (χ0n) is 22.0. The van der Waals surface area contributed by atoms with Crippen LogP contribution in [0, 0.1) is 6.92 Å². The molecule has 0 N–H and O–H groups in total. The van der Waals surface area contributed by atoms with Gasteiger partial charge in [0.15, 0.2) is 5.13 Å². The van der Waals surface area contributed by atoms with Crippen molar-refractivity contribution in [2.75, 3.05) is 38.6 Å². The molecule has 2 aromatic carbocycles. The lowest BCUT2D eigenvalue weighted by atomic mass is 10.0. The highest BCUT2D eigenvalue weighted by molar-refractivity contribution is 7.89. The van der Waals surface area contributed by atoms with Gasteiger partial charge in [-0.25, -0.2) is 13.4 Å². The van der Waals surface area contributed by atoms with Crippen LogP contribution in [0.1, 0.15) is 54.9 Å². The van der Waals surface area contributed by atoms with E-state index in [1.165, 1.54) is 11.3 Å². The molecule has 0 spiro atoms. The Labute approximate surface area is 230 Å². The van der Waals surface area contributed by atoms with E-state index in [9.17, 15) is 13.2 Å². The molecule has 1 saturated heterocycles. The van der Waals surface area contributed by atoms with Gasteiger partial charge >= 0.3 is 0 Å². The normalized spacial score (nSPS) is 16.6. The predicted octanol–water partition coefficient (Wildman–Crippen LogP) is 5.58. The number of nitrogens with zero attached hydrogens (tertiary/aromatic N) is 4. The summed E-state index contributed by atoms with van der Waals surface area (Å²) < 4.78 is 29.4. The molecule has 4 rings (SSSR count). The molecule has 1 aliphatic heterocycles. The van der Waals surface area contributed by atoms with E-state index in [2.05, 4.69) is 11.0 Å². The highest BCUT2D eigenvalue weighted by atomic mass is 35.5. The van der Waals surface area contributed by atoms with Gasteiger partial charge in [-0.15, -0.1) is 12.4 Å². The lowest BCUT2D eigenvalue weighted by Gasteiger charge is -2.34. The van der Waals surface area contributed by atoms with Gasteiger partial charge in [0.1, 0.15) is 0 Å². The summed E-state index contributed by atoms with van der Waals surface area (Å²) in [5.74, 6) is -0.169. The van der Waals surface area contributed by atoms with E-state index < -0.39 is 10.0 Å². The van der Waals surface area contributed by atoms with E-state index in [1.54, 1.807) is 33.5 Å². The number of amides is 1. The van der Waals surface area contributed by atoms with Gasteiger partial charge < -0.3 is 4.90 Å². The van der Waals surface area contributed by atoms with Gasteiger partial charge in [0.05, 0.1) is 15.1 Å². The number of aryl methyl sites for hydroxylation is 1. The third-order valence-corrected chi connectivity index (χ3v) is 9.76. The molecule has 1 amide bonds. The number of benzene rings is 2. The fraction of sp³-hybridized carbons (Fsp3) is 0.481. The minimum atomic E-state index is -3.59. The van der Waals surface area contributed by atoms with Crippen molar-refractivity contribution in [1.82, 2.24) is 14.2 Å². The topological polar surface area (TPSA) is 73.8 Å². The van der Waals surface area contributed by atoms with Gasteiger partial charge in [-0.05, 0) is 95.2 Å². The summed E-state index contributed by atoms with van der Waals surface area (Å²) in [5, 5.41) is 0.662. The van der Waals surface area contributed by atoms with Crippen LogP contribution in [0.4, 0.5) is 5.13 Å². The second-order valence-corrected chi connectivity index (χ2v) is 12.7. The molecule has 10 heteroatoms. The minimum Gasteiger partial charge on any atom is -0.309 e. The number of halogens is 1. The maximum Gasteiger partial charge on any atom is 0.260 e. The zero-order chi connectivity index (χ0) is 25.9. The van der Waals surface area contributed by atoms with Crippen molar-refractivity contribution in [3.63, 3.8) is 0 Å². The highest BCUT2D eigenvalue weighted by Gasteiger charge is 2.32. The number of rotatable bonds is 9. The Kier molecular flexibility index (Phi) is 10.1. The Bertz CT molecular complexity index is 1310. The molecule has 1 unspecified atom stereocenters. The molecule has 0 saturated carbocycles. The van der Waals surface area contributed by atoms with Crippen LogP contribution in [0.2, 0.25) is 0 Å². The third-order valence-electron chi connectivity index (χ3n) is 6.75. The summed E-state index contributed by atoms with van der Waals surface area (Å²) in [6, 6.07) is 12.6. The Morgan fingerprint density at radius 3 is 2.51 bits per heavy atom. The van der Waals surface area contributed by atoms with Gasteiger partial charge in [0.2, 0.25) is 10.0 Å². The summed E-state index contributed by atoms with van der Waals surface area (Å²) in [4.78, 5) is 22.4. The Morgan fingerprint density at radius 1 is 1.11 bits per heavy atom.